The van der Waals surface area contributed by atoms with E-state index in [1.165, 1.54) is 0 Å². The minimum atomic E-state index is -0.761. The molecular formula is C11H12O6. The monoisotopic (exact) mass is 240 g/mol. The predicted molar refractivity (Wildman–Crippen MR) is 56.9 cm³/mol. The first-order valence-electron chi connectivity index (χ1n) is 5.07. The number of rotatable bonds is 4. The van der Waals surface area contributed by atoms with Crippen LogP contribution in [0.3, 0.4) is 0 Å². The van der Waals surface area contributed by atoms with Crippen LogP contribution in [0.2, 0.25) is 0 Å². The van der Waals surface area contributed by atoms with Gasteiger partial charge in [0.2, 0.25) is 0 Å². The van der Waals surface area contributed by atoms with Gasteiger partial charge in [-0.25, -0.2) is 14.4 Å². The molecule has 0 unspecified atom stereocenters. The average molecular weight is 240 g/mol. The van der Waals surface area contributed by atoms with Crippen LogP contribution in [-0.4, -0.2) is 25.2 Å². The molecule has 17 heavy (non-hydrogen) atoms. The molecule has 0 spiro atoms. The lowest BCUT2D eigenvalue weighted by atomic mass is 10.1. The molecule has 1 aromatic rings. The van der Waals surface area contributed by atoms with E-state index in [-0.39, 0.29) is 24.3 Å². The Bertz CT molecular complexity index is 473. The first kappa shape index (κ1) is 13.0. The molecule has 0 aromatic carbocycles. The van der Waals surface area contributed by atoms with Crippen molar-refractivity contribution in [2.75, 3.05) is 13.2 Å². The van der Waals surface area contributed by atoms with Gasteiger partial charge in [-0.05, 0) is 13.8 Å². The van der Waals surface area contributed by atoms with E-state index in [0.717, 1.165) is 12.3 Å². The van der Waals surface area contributed by atoms with Crippen molar-refractivity contribution in [3.8, 4) is 0 Å². The zero-order valence-corrected chi connectivity index (χ0v) is 9.52. The Morgan fingerprint density at radius 2 is 1.65 bits per heavy atom. The van der Waals surface area contributed by atoms with Crippen LogP contribution >= 0.6 is 0 Å². The lowest BCUT2D eigenvalue weighted by molar-refractivity contribution is 0.0475. The van der Waals surface area contributed by atoms with Crippen LogP contribution in [0.25, 0.3) is 0 Å². The van der Waals surface area contributed by atoms with Crippen molar-refractivity contribution in [1.82, 2.24) is 0 Å². The summed E-state index contributed by atoms with van der Waals surface area (Å²) in [5.41, 5.74) is -1.01. The second-order valence-corrected chi connectivity index (χ2v) is 2.97. The van der Waals surface area contributed by atoms with Gasteiger partial charge in [-0.1, -0.05) is 0 Å². The van der Waals surface area contributed by atoms with E-state index >= 15 is 0 Å². The fourth-order valence-corrected chi connectivity index (χ4v) is 1.15. The van der Waals surface area contributed by atoms with Gasteiger partial charge in [0.05, 0.1) is 18.8 Å². The summed E-state index contributed by atoms with van der Waals surface area (Å²) in [6.45, 7) is 3.54. The van der Waals surface area contributed by atoms with Gasteiger partial charge in [-0.3, -0.25) is 0 Å². The standard InChI is InChI=1S/C11H12O6/c1-3-15-10(13)7-5-9(12)17-6-8(7)11(14)16-4-2/h5-6H,3-4H2,1-2H3. The maximum Gasteiger partial charge on any atom is 0.342 e. The number of carbonyl (C=O) groups is 2. The lowest BCUT2D eigenvalue weighted by Crippen LogP contribution is -2.17. The minimum Gasteiger partial charge on any atom is -0.462 e. The molecule has 0 aliphatic rings. The molecule has 0 aliphatic carbocycles. The Morgan fingerprint density at radius 3 is 2.18 bits per heavy atom. The smallest absolute Gasteiger partial charge is 0.342 e. The third kappa shape index (κ3) is 3.17. The molecule has 6 nitrogen and oxygen atoms in total. The summed E-state index contributed by atoms with van der Waals surface area (Å²) in [6.07, 6.45) is 0.895. The molecule has 0 aliphatic heterocycles. The molecule has 0 N–H and O–H groups in total. The summed E-state index contributed by atoms with van der Waals surface area (Å²) in [5.74, 6) is -1.50. The largest absolute Gasteiger partial charge is 0.462 e. The lowest BCUT2D eigenvalue weighted by Gasteiger charge is -2.06. The third-order valence-corrected chi connectivity index (χ3v) is 1.84. The van der Waals surface area contributed by atoms with E-state index < -0.39 is 17.6 Å². The van der Waals surface area contributed by atoms with Gasteiger partial charge in [0.15, 0.2) is 0 Å². The molecule has 1 rings (SSSR count). The number of hydrogen-bond acceptors (Lipinski definition) is 6. The number of carbonyl (C=O) groups excluding carboxylic acids is 2. The fourth-order valence-electron chi connectivity index (χ4n) is 1.15. The quantitative estimate of drug-likeness (QED) is 0.730. The molecule has 0 radical (unpaired) electrons. The SMILES string of the molecule is CCOC(=O)c1coc(=O)cc1C(=O)OCC. The normalized spacial score (nSPS) is 9.76. The highest BCUT2D eigenvalue weighted by Gasteiger charge is 2.20. The van der Waals surface area contributed by atoms with Gasteiger partial charge in [0.25, 0.3) is 0 Å². The zero-order chi connectivity index (χ0) is 12.8. The fraction of sp³-hybridized carbons (Fsp3) is 0.364. The van der Waals surface area contributed by atoms with Crippen LogP contribution in [0.1, 0.15) is 34.6 Å². The van der Waals surface area contributed by atoms with Crippen LogP contribution in [0.15, 0.2) is 21.5 Å². The Hall–Kier alpha value is -2.11. The van der Waals surface area contributed by atoms with E-state index in [4.69, 9.17) is 9.47 Å². The number of ether oxygens (including phenoxy) is 2. The van der Waals surface area contributed by atoms with Crippen molar-refractivity contribution in [2.24, 2.45) is 0 Å². The molecule has 0 bridgehead atoms. The summed E-state index contributed by atoms with van der Waals surface area (Å²) >= 11 is 0. The Balaban J connectivity index is 3.16. The molecule has 92 valence electrons. The van der Waals surface area contributed by atoms with E-state index in [1.807, 2.05) is 0 Å². The highest BCUT2D eigenvalue weighted by Crippen LogP contribution is 2.09. The molecule has 6 heteroatoms. The number of esters is 2. The molecular weight excluding hydrogens is 228 g/mol. The molecule has 0 saturated carbocycles. The Labute approximate surface area is 97.1 Å². The van der Waals surface area contributed by atoms with Gasteiger partial charge in [-0.2, -0.15) is 0 Å². The molecule has 0 atom stereocenters. The van der Waals surface area contributed by atoms with Crippen molar-refractivity contribution in [3.05, 3.63) is 33.9 Å². The average Bonchev–Trinajstić information content (AvgIpc) is 2.29. The van der Waals surface area contributed by atoms with Crippen LogP contribution in [-0.2, 0) is 9.47 Å². The van der Waals surface area contributed by atoms with Crippen molar-refractivity contribution >= 4 is 11.9 Å². The molecule has 1 aromatic heterocycles. The summed E-state index contributed by atoms with van der Waals surface area (Å²) < 4.78 is 14.0. The summed E-state index contributed by atoms with van der Waals surface area (Å²) in [5, 5.41) is 0. The minimum absolute atomic E-state index is 0.120. The van der Waals surface area contributed by atoms with E-state index in [9.17, 15) is 14.4 Å². The highest BCUT2D eigenvalue weighted by atomic mass is 16.5. The van der Waals surface area contributed by atoms with Gasteiger partial charge in [0, 0.05) is 6.07 Å². The Morgan fingerprint density at radius 1 is 1.12 bits per heavy atom. The zero-order valence-electron chi connectivity index (χ0n) is 9.52. The molecule has 0 saturated heterocycles. The first-order chi connectivity index (χ1) is 8.10. The van der Waals surface area contributed by atoms with E-state index in [1.54, 1.807) is 13.8 Å². The predicted octanol–water partition coefficient (Wildman–Crippen LogP) is 0.993. The van der Waals surface area contributed by atoms with Crippen molar-refractivity contribution in [1.29, 1.82) is 0 Å². The van der Waals surface area contributed by atoms with Crippen LogP contribution < -0.4 is 5.63 Å². The highest BCUT2D eigenvalue weighted by molar-refractivity contribution is 6.02. The second-order valence-electron chi connectivity index (χ2n) is 2.97. The van der Waals surface area contributed by atoms with Crippen LogP contribution in [0, 0.1) is 0 Å². The van der Waals surface area contributed by atoms with Crippen LogP contribution in [0.5, 0.6) is 0 Å². The maximum absolute atomic E-state index is 11.5. The first-order valence-corrected chi connectivity index (χ1v) is 5.07. The van der Waals surface area contributed by atoms with Crippen molar-refractivity contribution in [3.63, 3.8) is 0 Å². The Kier molecular flexibility index (Phi) is 4.45. The van der Waals surface area contributed by atoms with Crippen molar-refractivity contribution in [2.45, 2.75) is 13.8 Å². The third-order valence-electron chi connectivity index (χ3n) is 1.84. The topological polar surface area (TPSA) is 82.8 Å². The summed E-state index contributed by atoms with van der Waals surface area (Å²) in [6, 6.07) is 0.907. The number of hydrogen-bond donors (Lipinski definition) is 0. The van der Waals surface area contributed by atoms with E-state index in [0.29, 0.717) is 0 Å². The van der Waals surface area contributed by atoms with Crippen molar-refractivity contribution < 1.29 is 23.5 Å². The molecule has 0 amide bonds. The summed E-state index contributed by atoms with van der Waals surface area (Å²) in [4.78, 5) is 34.0. The van der Waals surface area contributed by atoms with Gasteiger partial charge in [-0.15, -0.1) is 0 Å². The van der Waals surface area contributed by atoms with Gasteiger partial charge in [0.1, 0.15) is 11.8 Å². The van der Waals surface area contributed by atoms with Crippen LogP contribution in [0.4, 0.5) is 0 Å². The molecule has 0 fully saturated rings. The van der Waals surface area contributed by atoms with Gasteiger partial charge < -0.3 is 13.9 Å². The maximum atomic E-state index is 11.5. The van der Waals surface area contributed by atoms with Gasteiger partial charge >= 0.3 is 17.6 Å². The summed E-state index contributed by atoms with van der Waals surface area (Å²) in [7, 11) is 0. The second kappa shape index (κ2) is 5.83. The van der Waals surface area contributed by atoms with E-state index in [2.05, 4.69) is 4.42 Å². The molecule has 1 heterocycles.